The molecule has 3 heterocycles. The minimum absolute atomic E-state index is 0.00328. The molecule has 0 bridgehead atoms. The first kappa shape index (κ1) is 16.4. The van der Waals surface area contributed by atoms with Crippen molar-refractivity contribution in [3.8, 4) is 5.69 Å². The number of amides is 2. The molecule has 1 unspecified atom stereocenters. The maximum absolute atomic E-state index is 12.5. The number of hydrogen-bond acceptors (Lipinski definition) is 5. The van der Waals surface area contributed by atoms with Crippen LogP contribution in [0.2, 0.25) is 0 Å². The average Bonchev–Trinajstić information content (AvgIpc) is 2.94. The van der Waals surface area contributed by atoms with Crippen LogP contribution in [-0.4, -0.2) is 58.2 Å². The number of aromatic nitrogens is 3. The molecule has 1 aliphatic rings. The fraction of sp³-hybridized carbons (Fsp3) is 0.400. The molecule has 3 rings (SSSR count). The van der Waals surface area contributed by atoms with Gasteiger partial charge in [-0.05, 0) is 25.5 Å². The van der Waals surface area contributed by atoms with Crippen LogP contribution < -0.4 is 5.32 Å². The van der Waals surface area contributed by atoms with Gasteiger partial charge in [-0.2, -0.15) is 5.10 Å². The van der Waals surface area contributed by atoms with E-state index in [-0.39, 0.29) is 23.6 Å². The van der Waals surface area contributed by atoms with Crippen molar-refractivity contribution in [2.24, 2.45) is 0 Å². The van der Waals surface area contributed by atoms with E-state index in [0.29, 0.717) is 18.7 Å². The monoisotopic (exact) mass is 349 g/mol. The van der Waals surface area contributed by atoms with Gasteiger partial charge in [0.2, 0.25) is 0 Å². The Morgan fingerprint density at radius 2 is 2.08 bits per heavy atom. The van der Waals surface area contributed by atoms with Crippen LogP contribution in [0, 0.1) is 0 Å². The zero-order chi connectivity index (χ0) is 17.2. The lowest BCUT2D eigenvalue weighted by Gasteiger charge is -2.26. The maximum Gasteiger partial charge on any atom is 0.322 e. The van der Waals surface area contributed by atoms with Gasteiger partial charge in [0.05, 0.1) is 35.3 Å². The SMILES string of the molecule is CC1CS(=O)(=O)CCCN1C(=O)Nc1cnn(-c2ccncc2)c1. The van der Waals surface area contributed by atoms with Crippen LogP contribution in [0.4, 0.5) is 10.5 Å². The molecule has 0 spiro atoms. The van der Waals surface area contributed by atoms with E-state index in [9.17, 15) is 13.2 Å². The van der Waals surface area contributed by atoms with E-state index in [1.54, 1.807) is 53.4 Å². The molecule has 2 aromatic heterocycles. The Kier molecular flexibility index (Phi) is 4.52. The first-order valence-electron chi connectivity index (χ1n) is 7.68. The quantitative estimate of drug-likeness (QED) is 0.881. The lowest BCUT2D eigenvalue weighted by atomic mass is 10.3. The van der Waals surface area contributed by atoms with Gasteiger partial charge in [-0.1, -0.05) is 0 Å². The largest absolute Gasteiger partial charge is 0.322 e. The summed E-state index contributed by atoms with van der Waals surface area (Å²) >= 11 is 0. The lowest BCUT2D eigenvalue weighted by Crippen LogP contribution is -2.43. The normalized spacial score (nSPS) is 20.4. The number of hydrogen-bond donors (Lipinski definition) is 1. The zero-order valence-corrected chi connectivity index (χ0v) is 14.1. The standard InChI is InChI=1S/C15H19N5O3S/c1-12-11-24(22,23)8-2-7-19(12)15(21)18-13-9-17-20(10-13)14-3-5-16-6-4-14/h3-6,9-10,12H,2,7-8,11H2,1H3,(H,18,21). The van der Waals surface area contributed by atoms with Crippen molar-refractivity contribution < 1.29 is 13.2 Å². The Hall–Kier alpha value is -2.42. The van der Waals surface area contributed by atoms with Gasteiger partial charge < -0.3 is 10.2 Å². The second-order valence-corrected chi connectivity index (χ2v) is 8.05. The molecule has 1 N–H and O–H groups in total. The van der Waals surface area contributed by atoms with Gasteiger partial charge in [-0.25, -0.2) is 17.9 Å². The third-order valence-corrected chi connectivity index (χ3v) is 5.80. The lowest BCUT2D eigenvalue weighted by molar-refractivity contribution is 0.199. The molecular weight excluding hydrogens is 330 g/mol. The molecule has 0 radical (unpaired) electrons. The average molecular weight is 349 g/mol. The predicted molar refractivity (Wildman–Crippen MR) is 89.8 cm³/mol. The highest BCUT2D eigenvalue weighted by atomic mass is 32.2. The summed E-state index contributed by atoms with van der Waals surface area (Å²) in [6, 6.07) is 2.95. The molecular formula is C15H19N5O3S. The Labute approximate surface area is 140 Å². The van der Waals surface area contributed by atoms with Crippen LogP contribution in [0.25, 0.3) is 5.69 Å². The number of anilines is 1. The van der Waals surface area contributed by atoms with E-state index in [4.69, 9.17) is 0 Å². The summed E-state index contributed by atoms with van der Waals surface area (Å²) < 4.78 is 25.2. The highest BCUT2D eigenvalue weighted by molar-refractivity contribution is 7.91. The summed E-state index contributed by atoms with van der Waals surface area (Å²) in [5, 5.41) is 6.99. The third-order valence-electron chi connectivity index (χ3n) is 3.90. The second-order valence-electron chi connectivity index (χ2n) is 5.82. The minimum Gasteiger partial charge on any atom is -0.321 e. The van der Waals surface area contributed by atoms with Gasteiger partial charge in [0, 0.05) is 25.0 Å². The van der Waals surface area contributed by atoms with Gasteiger partial charge in [0.1, 0.15) is 0 Å². The van der Waals surface area contributed by atoms with Crippen LogP contribution in [0.1, 0.15) is 13.3 Å². The number of urea groups is 1. The van der Waals surface area contributed by atoms with Crippen LogP contribution in [0.5, 0.6) is 0 Å². The van der Waals surface area contributed by atoms with Crippen molar-refractivity contribution in [3.63, 3.8) is 0 Å². The summed E-state index contributed by atoms with van der Waals surface area (Å²) in [6.45, 7) is 2.17. The Morgan fingerprint density at radius 3 is 2.83 bits per heavy atom. The van der Waals surface area contributed by atoms with E-state index < -0.39 is 9.84 Å². The smallest absolute Gasteiger partial charge is 0.321 e. The van der Waals surface area contributed by atoms with Gasteiger partial charge in [-0.15, -0.1) is 0 Å². The van der Waals surface area contributed by atoms with Crippen molar-refractivity contribution in [2.75, 3.05) is 23.4 Å². The Balaban J connectivity index is 1.70. The van der Waals surface area contributed by atoms with Crippen LogP contribution in [0.15, 0.2) is 36.9 Å². The molecule has 2 aromatic rings. The second kappa shape index (κ2) is 6.60. The number of carbonyl (C=O) groups is 1. The van der Waals surface area contributed by atoms with Crippen LogP contribution in [0.3, 0.4) is 0 Å². The Bertz CT molecular complexity index is 819. The summed E-state index contributed by atoms with van der Waals surface area (Å²) in [6.07, 6.45) is 7.03. The predicted octanol–water partition coefficient (Wildman–Crippen LogP) is 1.31. The molecule has 0 saturated carbocycles. The number of nitrogens with one attached hydrogen (secondary N) is 1. The van der Waals surface area contributed by atoms with E-state index in [0.717, 1.165) is 5.69 Å². The fourth-order valence-electron chi connectivity index (χ4n) is 2.74. The molecule has 9 heteroatoms. The first-order valence-corrected chi connectivity index (χ1v) is 9.50. The van der Waals surface area contributed by atoms with E-state index in [1.165, 1.54) is 0 Å². The van der Waals surface area contributed by atoms with Crippen LogP contribution in [-0.2, 0) is 9.84 Å². The molecule has 24 heavy (non-hydrogen) atoms. The number of rotatable bonds is 2. The first-order chi connectivity index (χ1) is 11.4. The molecule has 2 amide bonds. The van der Waals surface area contributed by atoms with Gasteiger partial charge >= 0.3 is 6.03 Å². The fourth-order valence-corrected chi connectivity index (χ4v) is 4.39. The van der Waals surface area contributed by atoms with Crippen molar-refractivity contribution in [3.05, 3.63) is 36.9 Å². The summed E-state index contributed by atoms with van der Waals surface area (Å²) in [5.74, 6) is 0.123. The Morgan fingerprint density at radius 1 is 1.33 bits per heavy atom. The molecule has 1 atom stereocenters. The highest BCUT2D eigenvalue weighted by Crippen LogP contribution is 2.15. The van der Waals surface area contributed by atoms with E-state index >= 15 is 0 Å². The summed E-state index contributed by atoms with van der Waals surface area (Å²) in [7, 11) is -3.08. The summed E-state index contributed by atoms with van der Waals surface area (Å²) in [5.41, 5.74) is 1.39. The number of pyridine rings is 1. The number of nitrogens with zero attached hydrogens (tertiary/aromatic N) is 4. The molecule has 1 saturated heterocycles. The van der Waals surface area contributed by atoms with Crippen molar-refractivity contribution in [2.45, 2.75) is 19.4 Å². The van der Waals surface area contributed by atoms with Crippen LogP contribution >= 0.6 is 0 Å². The van der Waals surface area contributed by atoms with Gasteiger partial charge in [-0.3, -0.25) is 4.98 Å². The minimum atomic E-state index is -3.08. The maximum atomic E-state index is 12.5. The highest BCUT2D eigenvalue weighted by Gasteiger charge is 2.28. The van der Waals surface area contributed by atoms with Gasteiger partial charge in [0.15, 0.2) is 9.84 Å². The molecule has 8 nitrogen and oxygen atoms in total. The van der Waals surface area contributed by atoms with E-state index in [2.05, 4.69) is 15.4 Å². The molecule has 0 aliphatic carbocycles. The van der Waals surface area contributed by atoms with Crippen molar-refractivity contribution in [1.29, 1.82) is 0 Å². The van der Waals surface area contributed by atoms with Gasteiger partial charge in [0.25, 0.3) is 0 Å². The molecule has 1 fully saturated rings. The molecule has 128 valence electrons. The van der Waals surface area contributed by atoms with Crippen molar-refractivity contribution in [1.82, 2.24) is 19.7 Å². The van der Waals surface area contributed by atoms with E-state index in [1.807, 2.05) is 0 Å². The number of sulfone groups is 1. The number of carbonyl (C=O) groups excluding carboxylic acids is 1. The summed E-state index contributed by atoms with van der Waals surface area (Å²) in [4.78, 5) is 18.0. The molecule has 0 aromatic carbocycles. The molecule has 1 aliphatic heterocycles. The topological polar surface area (TPSA) is 97.2 Å². The zero-order valence-electron chi connectivity index (χ0n) is 13.3. The third kappa shape index (κ3) is 3.73. The van der Waals surface area contributed by atoms with Crippen molar-refractivity contribution >= 4 is 21.6 Å².